The summed E-state index contributed by atoms with van der Waals surface area (Å²) in [6.07, 6.45) is 5.23. The lowest BCUT2D eigenvalue weighted by Crippen LogP contribution is -2.31. The summed E-state index contributed by atoms with van der Waals surface area (Å²) in [4.78, 5) is 11.0. The molecule has 1 amide bonds. The van der Waals surface area contributed by atoms with Gasteiger partial charge in [-0.2, -0.15) is 0 Å². The van der Waals surface area contributed by atoms with Crippen LogP contribution < -0.4 is 11.3 Å². The number of amides is 1. The Morgan fingerprint density at radius 2 is 1.81 bits per heavy atom. The third kappa shape index (κ3) is 4.45. The molecule has 0 radical (unpaired) electrons. The molecule has 3 N–H and O–H groups in total. The van der Waals surface area contributed by atoms with E-state index in [1.807, 2.05) is 12.1 Å². The number of nitrogens with two attached hydrogens (primary N) is 1. The van der Waals surface area contributed by atoms with Gasteiger partial charge in [-0.05, 0) is 24.0 Å². The van der Waals surface area contributed by atoms with E-state index in [2.05, 4.69) is 24.5 Å². The van der Waals surface area contributed by atoms with Crippen LogP contribution in [0.1, 0.15) is 37.3 Å². The number of carbonyl (C=O) groups excluding carboxylic acids is 1. The smallest absolute Gasteiger partial charge is 0.238 e. The largest absolute Gasteiger partial charge is 0.294 e. The molecule has 0 aliphatic carbocycles. The second kappa shape index (κ2) is 7.01. The second-order valence-electron chi connectivity index (χ2n) is 4.02. The van der Waals surface area contributed by atoms with Crippen molar-refractivity contribution in [1.82, 2.24) is 5.43 Å². The van der Waals surface area contributed by atoms with Crippen molar-refractivity contribution in [3.05, 3.63) is 35.4 Å². The van der Waals surface area contributed by atoms with Gasteiger partial charge in [0.25, 0.3) is 0 Å². The van der Waals surface area contributed by atoms with E-state index in [1.54, 1.807) is 0 Å². The molecule has 0 aromatic heterocycles. The van der Waals surface area contributed by atoms with Crippen LogP contribution in [0.2, 0.25) is 0 Å². The van der Waals surface area contributed by atoms with Gasteiger partial charge in [-0.1, -0.05) is 44.0 Å². The Bertz CT molecular complexity index is 319. The van der Waals surface area contributed by atoms with Gasteiger partial charge in [-0.3, -0.25) is 10.2 Å². The summed E-state index contributed by atoms with van der Waals surface area (Å²) in [6, 6.07) is 8.18. The Kier molecular flexibility index (Phi) is 5.57. The number of benzene rings is 1. The molecular weight excluding hydrogens is 200 g/mol. The van der Waals surface area contributed by atoms with Gasteiger partial charge in [0.2, 0.25) is 5.91 Å². The van der Waals surface area contributed by atoms with Crippen LogP contribution in [0, 0.1) is 0 Å². The maximum atomic E-state index is 11.0. The Morgan fingerprint density at radius 1 is 1.19 bits per heavy atom. The van der Waals surface area contributed by atoms with Crippen LogP contribution in [0.3, 0.4) is 0 Å². The molecule has 0 atom stereocenters. The number of unbranched alkanes of at least 4 members (excludes halogenated alkanes) is 2. The monoisotopic (exact) mass is 220 g/mol. The minimum absolute atomic E-state index is 0.154. The minimum atomic E-state index is -0.154. The number of nitrogens with one attached hydrogen (secondary N) is 1. The summed E-state index contributed by atoms with van der Waals surface area (Å²) >= 11 is 0. The van der Waals surface area contributed by atoms with Crippen molar-refractivity contribution in [3.8, 4) is 0 Å². The molecule has 0 saturated heterocycles. The first-order valence-corrected chi connectivity index (χ1v) is 5.83. The van der Waals surface area contributed by atoms with Crippen molar-refractivity contribution < 1.29 is 4.79 Å². The van der Waals surface area contributed by atoms with Crippen LogP contribution in [-0.4, -0.2) is 5.91 Å². The lowest BCUT2D eigenvalue weighted by atomic mass is 10.0. The van der Waals surface area contributed by atoms with Crippen molar-refractivity contribution in [1.29, 1.82) is 0 Å². The summed E-state index contributed by atoms with van der Waals surface area (Å²) in [5.41, 5.74) is 4.47. The molecule has 1 aromatic rings. The molecule has 0 unspecified atom stereocenters. The molecule has 0 aliphatic rings. The normalized spacial score (nSPS) is 10.1. The maximum Gasteiger partial charge on any atom is 0.238 e. The van der Waals surface area contributed by atoms with E-state index in [0.29, 0.717) is 6.42 Å². The van der Waals surface area contributed by atoms with E-state index in [9.17, 15) is 4.79 Å². The van der Waals surface area contributed by atoms with Crippen LogP contribution in [0.5, 0.6) is 0 Å². The molecule has 3 heteroatoms. The number of hydrogen-bond acceptors (Lipinski definition) is 2. The summed E-state index contributed by atoms with van der Waals surface area (Å²) in [6.45, 7) is 2.20. The Morgan fingerprint density at radius 3 is 2.38 bits per heavy atom. The van der Waals surface area contributed by atoms with Gasteiger partial charge in [-0.25, -0.2) is 5.84 Å². The number of hydrogen-bond donors (Lipinski definition) is 2. The fourth-order valence-corrected chi connectivity index (χ4v) is 1.64. The summed E-state index contributed by atoms with van der Waals surface area (Å²) < 4.78 is 0. The Hall–Kier alpha value is -1.35. The zero-order chi connectivity index (χ0) is 11.8. The lowest BCUT2D eigenvalue weighted by molar-refractivity contribution is -0.120. The van der Waals surface area contributed by atoms with E-state index < -0.39 is 0 Å². The highest BCUT2D eigenvalue weighted by Crippen LogP contribution is 2.09. The molecule has 0 spiro atoms. The van der Waals surface area contributed by atoms with Crippen LogP contribution in [0.15, 0.2) is 24.3 Å². The predicted octanol–water partition coefficient (Wildman–Crippen LogP) is 1.95. The standard InChI is InChI=1S/C13H20N2O/c1-2-3-4-5-11-6-8-12(9-7-11)10-13(16)15-14/h6-9H,2-5,10,14H2,1H3,(H,15,16). The van der Waals surface area contributed by atoms with Crippen molar-refractivity contribution in [2.75, 3.05) is 0 Å². The van der Waals surface area contributed by atoms with E-state index in [1.165, 1.54) is 24.8 Å². The van der Waals surface area contributed by atoms with Crippen molar-refractivity contribution >= 4 is 5.91 Å². The third-order valence-corrected chi connectivity index (χ3v) is 2.62. The van der Waals surface area contributed by atoms with Gasteiger partial charge >= 0.3 is 0 Å². The quantitative estimate of drug-likeness (QED) is 0.333. The summed E-state index contributed by atoms with van der Waals surface area (Å²) in [5.74, 6) is 4.88. The fourth-order valence-electron chi connectivity index (χ4n) is 1.64. The Labute approximate surface area is 97.0 Å². The zero-order valence-electron chi connectivity index (χ0n) is 9.83. The number of hydrazine groups is 1. The number of rotatable bonds is 6. The summed E-state index contributed by atoms with van der Waals surface area (Å²) in [7, 11) is 0. The van der Waals surface area contributed by atoms with Gasteiger partial charge in [0.1, 0.15) is 0 Å². The van der Waals surface area contributed by atoms with Crippen molar-refractivity contribution in [2.45, 2.75) is 39.0 Å². The average molecular weight is 220 g/mol. The Balaban J connectivity index is 2.44. The first-order chi connectivity index (χ1) is 7.76. The van der Waals surface area contributed by atoms with E-state index >= 15 is 0 Å². The maximum absolute atomic E-state index is 11.0. The van der Waals surface area contributed by atoms with Crippen LogP contribution >= 0.6 is 0 Å². The highest BCUT2D eigenvalue weighted by molar-refractivity contribution is 5.77. The molecule has 0 bridgehead atoms. The van der Waals surface area contributed by atoms with Crippen LogP contribution in [0.4, 0.5) is 0 Å². The molecule has 3 nitrogen and oxygen atoms in total. The first-order valence-electron chi connectivity index (χ1n) is 5.83. The molecule has 1 aromatic carbocycles. The van der Waals surface area contributed by atoms with Crippen LogP contribution in [-0.2, 0) is 17.6 Å². The molecule has 0 aliphatic heterocycles. The molecule has 0 saturated carbocycles. The molecule has 16 heavy (non-hydrogen) atoms. The van der Waals surface area contributed by atoms with Gasteiger partial charge in [0.05, 0.1) is 6.42 Å². The van der Waals surface area contributed by atoms with E-state index in [4.69, 9.17) is 5.84 Å². The van der Waals surface area contributed by atoms with Crippen molar-refractivity contribution in [3.63, 3.8) is 0 Å². The van der Waals surface area contributed by atoms with Gasteiger partial charge in [0.15, 0.2) is 0 Å². The molecule has 88 valence electrons. The van der Waals surface area contributed by atoms with Crippen LogP contribution in [0.25, 0.3) is 0 Å². The zero-order valence-corrected chi connectivity index (χ0v) is 9.83. The van der Waals surface area contributed by atoms with E-state index in [-0.39, 0.29) is 5.91 Å². The minimum Gasteiger partial charge on any atom is -0.294 e. The highest BCUT2D eigenvalue weighted by Gasteiger charge is 2.00. The molecular formula is C13H20N2O. The van der Waals surface area contributed by atoms with Crippen molar-refractivity contribution in [2.24, 2.45) is 5.84 Å². The van der Waals surface area contributed by atoms with Gasteiger partial charge in [-0.15, -0.1) is 0 Å². The predicted molar refractivity (Wildman–Crippen MR) is 65.7 cm³/mol. The van der Waals surface area contributed by atoms with Gasteiger partial charge in [0, 0.05) is 0 Å². The second-order valence-corrected chi connectivity index (χ2v) is 4.02. The molecule has 0 fully saturated rings. The molecule has 0 heterocycles. The number of aryl methyl sites for hydroxylation is 1. The average Bonchev–Trinajstić information content (AvgIpc) is 2.31. The SMILES string of the molecule is CCCCCc1ccc(CC(=O)NN)cc1. The third-order valence-electron chi connectivity index (χ3n) is 2.62. The fraction of sp³-hybridized carbons (Fsp3) is 0.462. The first kappa shape index (κ1) is 12.7. The highest BCUT2D eigenvalue weighted by atomic mass is 16.2. The lowest BCUT2D eigenvalue weighted by Gasteiger charge is -2.03. The molecule has 1 rings (SSSR count). The van der Waals surface area contributed by atoms with Gasteiger partial charge < -0.3 is 0 Å². The van der Waals surface area contributed by atoms with E-state index in [0.717, 1.165) is 12.0 Å². The summed E-state index contributed by atoms with van der Waals surface area (Å²) in [5, 5.41) is 0. The topological polar surface area (TPSA) is 55.1 Å². The number of carbonyl (C=O) groups is 1.